The zero-order valence-electron chi connectivity index (χ0n) is 13.2. The molecule has 0 aliphatic rings. The van der Waals surface area contributed by atoms with E-state index in [1.165, 1.54) is 25.7 Å². The highest BCUT2D eigenvalue weighted by molar-refractivity contribution is 14.0. The van der Waals surface area contributed by atoms with Crippen LogP contribution in [0.4, 0.5) is 0 Å². The summed E-state index contributed by atoms with van der Waals surface area (Å²) in [7, 11) is 4.20. The predicted octanol–water partition coefficient (Wildman–Crippen LogP) is 2.69. The van der Waals surface area contributed by atoms with Gasteiger partial charge in [0.15, 0.2) is 5.96 Å². The van der Waals surface area contributed by atoms with Crippen LogP contribution in [-0.2, 0) is 0 Å². The number of hydrogen-bond donors (Lipinski definition) is 2. The molecular weight excluding hydrogens is 351 g/mol. The van der Waals surface area contributed by atoms with E-state index < -0.39 is 0 Å². The third-order valence-corrected chi connectivity index (χ3v) is 2.70. The molecule has 0 aliphatic heterocycles. The Bertz CT molecular complexity index is 208. The number of nitrogens with zero attached hydrogens (tertiary/aromatic N) is 2. The van der Waals surface area contributed by atoms with Gasteiger partial charge < -0.3 is 15.5 Å². The quantitative estimate of drug-likeness (QED) is 0.263. The summed E-state index contributed by atoms with van der Waals surface area (Å²) in [6, 6.07) is 0. The molecule has 0 aromatic carbocycles. The lowest BCUT2D eigenvalue weighted by Gasteiger charge is -2.12. The van der Waals surface area contributed by atoms with E-state index in [0.29, 0.717) is 0 Å². The molecule has 0 amide bonds. The van der Waals surface area contributed by atoms with E-state index in [1.807, 2.05) is 0 Å². The van der Waals surface area contributed by atoms with Crippen molar-refractivity contribution in [3.8, 4) is 0 Å². The molecule has 4 nitrogen and oxygen atoms in total. The molecule has 0 saturated heterocycles. The Kier molecular flexibility index (Phi) is 17.9. The van der Waals surface area contributed by atoms with Crippen LogP contribution in [0.1, 0.15) is 46.0 Å². The second kappa shape index (κ2) is 16.0. The van der Waals surface area contributed by atoms with Crippen molar-refractivity contribution in [2.45, 2.75) is 46.0 Å². The molecule has 0 spiro atoms. The molecule has 0 aromatic rings. The zero-order chi connectivity index (χ0) is 13.6. The summed E-state index contributed by atoms with van der Waals surface area (Å²) in [6.07, 6.45) is 6.27. The van der Waals surface area contributed by atoms with Crippen LogP contribution in [0, 0.1) is 0 Å². The highest BCUT2D eigenvalue weighted by atomic mass is 127. The van der Waals surface area contributed by atoms with Crippen molar-refractivity contribution in [1.29, 1.82) is 0 Å². The fraction of sp³-hybridized carbons (Fsp3) is 0.929. The van der Waals surface area contributed by atoms with Crippen LogP contribution in [0.2, 0.25) is 0 Å². The van der Waals surface area contributed by atoms with Gasteiger partial charge in [-0.15, -0.1) is 24.0 Å². The molecule has 19 heavy (non-hydrogen) atoms. The molecule has 0 aromatic heterocycles. The van der Waals surface area contributed by atoms with Crippen LogP contribution in [0.15, 0.2) is 4.99 Å². The molecule has 2 N–H and O–H groups in total. The molecule has 0 radical (unpaired) electrons. The van der Waals surface area contributed by atoms with Crippen molar-refractivity contribution < 1.29 is 0 Å². The third kappa shape index (κ3) is 15.9. The van der Waals surface area contributed by atoms with Crippen molar-refractivity contribution in [2.24, 2.45) is 4.99 Å². The standard InChI is InChI=1S/C14H32N4.HI/c1-5-7-8-9-11-16-14(15-6-2)17-12-10-13-18(3)4;/h5-13H2,1-4H3,(H2,15,16,17);1H. The van der Waals surface area contributed by atoms with Crippen LogP contribution in [0.5, 0.6) is 0 Å². The van der Waals surface area contributed by atoms with Crippen LogP contribution in [0.25, 0.3) is 0 Å². The summed E-state index contributed by atoms with van der Waals surface area (Å²) in [4.78, 5) is 6.77. The Morgan fingerprint density at radius 2 is 1.74 bits per heavy atom. The van der Waals surface area contributed by atoms with Gasteiger partial charge in [0, 0.05) is 19.6 Å². The van der Waals surface area contributed by atoms with E-state index in [-0.39, 0.29) is 24.0 Å². The van der Waals surface area contributed by atoms with Gasteiger partial charge in [-0.25, -0.2) is 0 Å². The minimum Gasteiger partial charge on any atom is -0.357 e. The van der Waals surface area contributed by atoms with Gasteiger partial charge in [-0.2, -0.15) is 0 Å². The van der Waals surface area contributed by atoms with Gasteiger partial charge >= 0.3 is 0 Å². The summed E-state index contributed by atoms with van der Waals surface area (Å²) < 4.78 is 0. The fourth-order valence-electron chi connectivity index (χ4n) is 1.68. The molecule has 0 heterocycles. The molecule has 0 bridgehead atoms. The second-order valence-electron chi connectivity index (χ2n) is 4.90. The van der Waals surface area contributed by atoms with Gasteiger partial charge in [0.25, 0.3) is 0 Å². The summed E-state index contributed by atoms with van der Waals surface area (Å²) in [5.41, 5.74) is 0. The lowest BCUT2D eigenvalue weighted by molar-refractivity contribution is 0.403. The number of rotatable bonds is 10. The smallest absolute Gasteiger partial charge is 0.191 e. The van der Waals surface area contributed by atoms with Gasteiger partial charge in [0.2, 0.25) is 0 Å². The maximum Gasteiger partial charge on any atom is 0.191 e. The third-order valence-electron chi connectivity index (χ3n) is 2.70. The molecular formula is C14H33IN4. The first-order chi connectivity index (χ1) is 8.70. The molecule has 116 valence electrons. The van der Waals surface area contributed by atoms with Gasteiger partial charge in [-0.3, -0.25) is 4.99 Å². The average Bonchev–Trinajstić information content (AvgIpc) is 2.33. The SMILES string of the molecule is CCCCCCNC(=NCCCN(C)C)NCC.I. The van der Waals surface area contributed by atoms with E-state index in [9.17, 15) is 0 Å². The summed E-state index contributed by atoms with van der Waals surface area (Å²) in [5.74, 6) is 0.966. The number of aliphatic imine (C=N–C) groups is 1. The maximum atomic E-state index is 4.57. The van der Waals surface area contributed by atoms with Gasteiger partial charge in [-0.05, 0) is 40.4 Å². The monoisotopic (exact) mass is 384 g/mol. The average molecular weight is 384 g/mol. The summed E-state index contributed by atoms with van der Waals surface area (Å²) in [6.45, 7) is 8.29. The molecule has 5 heteroatoms. The number of unbranched alkanes of at least 4 members (excludes halogenated alkanes) is 3. The van der Waals surface area contributed by atoms with E-state index in [2.05, 4.69) is 48.5 Å². The minimum atomic E-state index is 0. The first kappa shape index (κ1) is 21.3. The van der Waals surface area contributed by atoms with E-state index in [4.69, 9.17) is 0 Å². The molecule has 0 atom stereocenters. The highest BCUT2D eigenvalue weighted by Gasteiger charge is 1.96. The normalized spacial score (nSPS) is 11.3. The minimum absolute atomic E-state index is 0. The van der Waals surface area contributed by atoms with Crippen molar-refractivity contribution >= 4 is 29.9 Å². The van der Waals surface area contributed by atoms with Crippen LogP contribution < -0.4 is 10.6 Å². The number of guanidine groups is 1. The fourth-order valence-corrected chi connectivity index (χ4v) is 1.68. The lowest BCUT2D eigenvalue weighted by Crippen LogP contribution is -2.38. The van der Waals surface area contributed by atoms with Crippen molar-refractivity contribution in [2.75, 3.05) is 40.3 Å². The van der Waals surface area contributed by atoms with Gasteiger partial charge in [0.1, 0.15) is 0 Å². The Labute approximate surface area is 136 Å². The molecule has 0 rings (SSSR count). The van der Waals surface area contributed by atoms with Crippen LogP contribution in [0.3, 0.4) is 0 Å². The molecule has 0 aliphatic carbocycles. The number of hydrogen-bond acceptors (Lipinski definition) is 2. The summed E-state index contributed by atoms with van der Waals surface area (Å²) in [5, 5.41) is 6.68. The van der Waals surface area contributed by atoms with E-state index in [0.717, 1.165) is 38.6 Å². The molecule has 0 fully saturated rings. The largest absolute Gasteiger partial charge is 0.357 e. The Balaban J connectivity index is 0. The zero-order valence-corrected chi connectivity index (χ0v) is 15.5. The van der Waals surface area contributed by atoms with E-state index >= 15 is 0 Å². The number of halogens is 1. The topological polar surface area (TPSA) is 39.7 Å². The lowest BCUT2D eigenvalue weighted by atomic mass is 10.2. The van der Waals surface area contributed by atoms with Crippen molar-refractivity contribution in [3.63, 3.8) is 0 Å². The first-order valence-corrected chi connectivity index (χ1v) is 7.37. The molecule has 0 saturated carbocycles. The first-order valence-electron chi connectivity index (χ1n) is 7.37. The molecule has 0 unspecified atom stereocenters. The van der Waals surface area contributed by atoms with Crippen molar-refractivity contribution in [1.82, 2.24) is 15.5 Å². The Morgan fingerprint density at radius 1 is 1.00 bits per heavy atom. The predicted molar refractivity (Wildman–Crippen MR) is 96.7 cm³/mol. The van der Waals surface area contributed by atoms with Crippen LogP contribution >= 0.6 is 24.0 Å². The highest BCUT2D eigenvalue weighted by Crippen LogP contribution is 1.96. The number of nitrogens with one attached hydrogen (secondary N) is 2. The van der Waals surface area contributed by atoms with Gasteiger partial charge in [0.05, 0.1) is 0 Å². The van der Waals surface area contributed by atoms with Gasteiger partial charge in [-0.1, -0.05) is 26.2 Å². The Morgan fingerprint density at radius 3 is 2.32 bits per heavy atom. The van der Waals surface area contributed by atoms with Crippen LogP contribution in [-0.4, -0.2) is 51.1 Å². The summed E-state index contributed by atoms with van der Waals surface area (Å²) >= 11 is 0. The maximum absolute atomic E-state index is 4.57. The van der Waals surface area contributed by atoms with Crippen molar-refractivity contribution in [3.05, 3.63) is 0 Å². The van der Waals surface area contributed by atoms with E-state index in [1.54, 1.807) is 0 Å². The Hall–Kier alpha value is -0.0400. The second-order valence-corrected chi connectivity index (χ2v) is 4.90.